The Morgan fingerprint density at radius 3 is 2.31 bits per heavy atom. The predicted octanol–water partition coefficient (Wildman–Crippen LogP) is 3.07. The fraction of sp³-hybridized carbons (Fsp3) is 0.222. The number of carbonyl (C=O) groups excluding carboxylic acids is 1. The van der Waals surface area contributed by atoms with Crippen LogP contribution in [0, 0.1) is 17.0 Å². The van der Waals surface area contributed by atoms with E-state index in [1.54, 1.807) is 39.2 Å². The molecule has 0 saturated carbocycles. The maximum atomic E-state index is 12.2. The number of aryl methyl sites for hydroxylation is 1. The second kappa shape index (κ2) is 8.11. The summed E-state index contributed by atoms with van der Waals surface area (Å²) in [5.74, 6) is 0.689. The van der Waals surface area contributed by atoms with Gasteiger partial charge >= 0.3 is 0 Å². The summed E-state index contributed by atoms with van der Waals surface area (Å²) in [6, 6.07) is 9.43. The van der Waals surface area contributed by atoms with Gasteiger partial charge in [0.15, 0.2) is 11.5 Å². The fourth-order valence-electron chi connectivity index (χ4n) is 2.33. The highest BCUT2D eigenvalue weighted by atomic mass is 16.6. The number of nitrogens with zero attached hydrogens (tertiary/aromatic N) is 2. The number of nitrogens with one attached hydrogen (secondary N) is 1. The zero-order valence-corrected chi connectivity index (χ0v) is 14.9. The number of methoxy groups -OCH3 is 2. The van der Waals surface area contributed by atoms with Gasteiger partial charge in [0.1, 0.15) is 0 Å². The van der Waals surface area contributed by atoms with Gasteiger partial charge in [-0.1, -0.05) is 0 Å². The first kappa shape index (κ1) is 18.9. The molecule has 0 aliphatic rings. The molecule has 2 rings (SSSR count). The Hall–Kier alpha value is -3.42. The Bertz CT molecular complexity index is 877. The number of carbonyl (C=O) groups is 1. The van der Waals surface area contributed by atoms with Gasteiger partial charge in [0.2, 0.25) is 0 Å². The van der Waals surface area contributed by atoms with Crippen molar-refractivity contribution in [1.29, 1.82) is 0 Å². The summed E-state index contributed by atoms with van der Waals surface area (Å²) >= 11 is 0. The minimum atomic E-state index is -0.490. The van der Waals surface area contributed by atoms with E-state index >= 15 is 0 Å². The number of hydrazone groups is 1. The zero-order valence-electron chi connectivity index (χ0n) is 14.9. The Kier molecular flexibility index (Phi) is 5.90. The third-order valence-electron chi connectivity index (χ3n) is 3.78. The third kappa shape index (κ3) is 4.15. The van der Waals surface area contributed by atoms with E-state index in [0.717, 1.165) is 5.56 Å². The van der Waals surface area contributed by atoms with Crippen molar-refractivity contribution in [3.05, 3.63) is 63.2 Å². The van der Waals surface area contributed by atoms with Gasteiger partial charge in [-0.2, -0.15) is 5.10 Å². The molecule has 8 nitrogen and oxygen atoms in total. The maximum absolute atomic E-state index is 12.2. The average molecular weight is 357 g/mol. The van der Waals surface area contributed by atoms with Crippen molar-refractivity contribution >= 4 is 17.3 Å². The molecule has 2 aromatic rings. The molecule has 0 fully saturated rings. The van der Waals surface area contributed by atoms with Gasteiger partial charge in [0.25, 0.3) is 11.6 Å². The molecule has 136 valence electrons. The Morgan fingerprint density at radius 2 is 1.73 bits per heavy atom. The fourth-order valence-corrected chi connectivity index (χ4v) is 2.33. The SMILES string of the molecule is COc1ccc(/C(C)=N/NC(=O)c2ccc([N+](=O)[O-])c(C)c2)cc1OC. The maximum Gasteiger partial charge on any atom is 0.272 e. The number of nitro benzene ring substituents is 1. The minimum absolute atomic E-state index is 0.0356. The van der Waals surface area contributed by atoms with Crippen molar-refractivity contribution in [3.8, 4) is 11.5 Å². The van der Waals surface area contributed by atoms with Crippen molar-refractivity contribution < 1.29 is 19.2 Å². The lowest BCUT2D eigenvalue weighted by molar-refractivity contribution is -0.385. The lowest BCUT2D eigenvalue weighted by Gasteiger charge is -2.09. The van der Waals surface area contributed by atoms with E-state index in [0.29, 0.717) is 22.8 Å². The van der Waals surface area contributed by atoms with Crippen LogP contribution in [-0.4, -0.2) is 30.8 Å². The van der Waals surface area contributed by atoms with Gasteiger partial charge in [-0.05, 0) is 44.2 Å². The van der Waals surface area contributed by atoms with E-state index < -0.39 is 10.8 Å². The Labute approximate surface area is 150 Å². The molecule has 1 N–H and O–H groups in total. The van der Waals surface area contributed by atoms with Crippen molar-refractivity contribution in [2.75, 3.05) is 14.2 Å². The summed E-state index contributed by atoms with van der Waals surface area (Å²) in [5.41, 5.74) is 4.43. The standard InChI is InChI=1S/C18H19N3O5/c1-11-9-14(5-7-15(11)21(23)24)18(22)20-19-12(2)13-6-8-16(25-3)17(10-13)26-4/h5-10H,1-4H3,(H,20,22)/b19-12+. The monoisotopic (exact) mass is 357 g/mol. The smallest absolute Gasteiger partial charge is 0.272 e. The van der Waals surface area contributed by atoms with E-state index in [2.05, 4.69) is 10.5 Å². The van der Waals surface area contributed by atoms with Crippen LogP contribution >= 0.6 is 0 Å². The van der Waals surface area contributed by atoms with Crippen LogP contribution in [-0.2, 0) is 0 Å². The number of hydrogen-bond donors (Lipinski definition) is 1. The first-order chi connectivity index (χ1) is 12.4. The van der Waals surface area contributed by atoms with Gasteiger partial charge in [-0.25, -0.2) is 5.43 Å². The second-order valence-electron chi connectivity index (χ2n) is 5.47. The molecule has 26 heavy (non-hydrogen) atoms. The average Bonchev–Trinajstić information content (AvgIpc) is 2.64. The van der Waals surface area contributed by atoms with Gasteiger partial charge in [0, 0.05) is 22.8 Å². The summed E-state index contributed by atoms with van der Waals surface area (Å²) in [7, 11) is 3.08. The normalized spacial score (nSPS) is 11.0. The molecule has 0 saturated heterocycles. The van der Waals surface area contributed by atoms with Crippen molar-refractivity contribution in [2.24, 2.45) is 5.10 Å². The first-order valence-corrected chi connectivity index (χ1v) is 7.69. The van der Waals surface area contributed by atoms with Crippen LogP contribution in [0.5, 0.6) is 11.5 Å². The highest BCUT2D eigenvalue weighted by molar-refractivity contribution is 6.01. The highest BCUT2D eigenvalue weighted by Gasteiger charge is 2.14. The Morgan fingerprint density at radius 1 is 1.08 bits per heavy atom. The lowest BCUT2D eigenvalue weighted by Crippen LogP contribution is -2.19. The number of hydrogen-bond acceptors (Lipinski definition) is 6. The van der Waals surface area contributed by atoms with Crippen molar-refractivity contribution in [1.82, 2.24) is 5.43 Å². The van der Waals surface area contributed by atoms with E-state index in [1.807, 2.05) is 0 Å². The van der Waals surface area contributed by atoms with E-state index in [1.165, 1.54) is 25.3 Å². The molecule has 0 spiro atoms. The molecule has 0 heterocycles. The van der Waals surface area contributed by atoms with Crippen LogP contribution in [0.25, 0.3) is 0 Å². The molecular weight excluding hydrogens is 338 g/mol. The molecule has 0 atom stereocenters. The number of ether oxygens (including phenoxy) is 2. The molecule has 0 unspecified atom stereocenters. The van der Waals surface area contributed by atoms with Crippen LogP contribution in [0.3, 0.4) is 0 Å². The molecule has 0 aromatic heterocycles. The molecular formula is C18H19N3O5. The molecule has 2 aromatic carbocycles. The van der Waals surface area contributed by atoms with Gasteiger partial charge in [-0.3, -0.25) is 14.9 Å². The summed E-state index contributed by atoms with van der Waals surface area (Å²) < 4.78 is 10.4. The molecule has 0 radical (unpaired) electrons. The number of amides is 1. The van der Waals surface area contributed by atoms with Crippen molar-refractivity contribution in [2.45, 2.75) is 13.8 Å². The van der Waals surface area contributed by atoms with Gasteiger partial charge < -0.3 is 9.47 Å². The van der Waals surface area contributed by atoms with E-state index in [-0.39, 0.29) is 11.3 Å². The largest absolute Gasteiger partial charge is 0.493 e. The van der Waals surface area contributed by atoms with E-state index in [9.17, 15) is 14.9 Å². The van der Waals surface area contributed by atoms with Crippen LogP contribution < -0.4 is 14.9 Å². The van der Waals surface area contributed by atoms with Crippen LogP contribution in [0.1, 0.15) is 28.4 Å². The summed E-state index contributed by atoms with van der Waals surface area (Å²) in [4.78, 5) is 22.6. The van der Waals surface area contributed by atoms with E-state index in [4.69, 9.17) is 9.47 Å². The molecule has 1 amide bonds. The molecule has 8 heteroatoms. The van der Waals surface area contributed by atoms with Crippen LogP contribution in [0.4, 0.5) is 5.69 Å². The van der Waals surface area contributed by atoms with Gasteiger partial charge in [0.05, 0.1) is 24.9 Å². The van der Waals surface area contributed by atoms with Gasteiger partial charge in [-0.15, -0.1) is 0 Å². The minimum Gasteiger partial charge on any atom is -0.493 e. The predicted molar refractivity (Wildman–Crippen MR) is 97.1 cm³/mol. The van der Waals surface area contributed by atoms with Crippen LogP contribution in [0.15, 0.2) is 41.5 Å². The molecule has 0 aliphatic carbocycles. The second-order valence-corrected chi connectivity index (χ2v) is 5.47. The summed E-state index contributed by atoms with van der Waals surface area (Å²) in [6.07, 6.45) is 0. The zero-order chi connectivity index (χ0) is 19.3. The van der Waals surface area contributed by atoms with Crippen LogP contribution in [0.2, 0.25) is 0 Å². The number of nitro groups is 1. The number of benzene rings is 2. The first-order valence-electron chi connectivity index (χ1n) is 7.69. The third-order valence-corrected chi connectivity index (χ3v) is 3.78. The molecule has 0 aliphatic heterocycles. The Balaban J connectivity index is 2.17. The molecule has 0 bridgehead atoms. The summed E-state index contributed by atoms with van der Waals surface area (Å²) in [5, 5.41) is 14.9. The number of rotatable bonds is 6. The summed E-state index contributed by atoms with van der Waals surface area (Å²) in [6.45, 7) is 3.32. The van der Waals surface area contributed by atoms with Crippen molar-refractivity contribution in [3.63, 3.8) is 0 Å². The topological polar surface area (TPSA) is 103 Å². The lowest BCUT2D eigenvalue weighted by atomic mass is 10.1. The highest BCUT2D eigenvalue weighted by Crippen LogP contribution is 2.27. The quantitative estimate of drug-likeness (QED) is 0.486.